The Bertz CT molecular complexity index is 401. The molecule has 0 aromatic heterocycles. The highest BCUT2D eigenvalue weighted by atomic mass is 32.2. The van der Waals surface area contributed by atoms with Crippen LogP contribution in [0.15, 0.2) is 23.1 Å². The van der Waals surface area contributed by atoms with E-state index in [9.17, 15) is 5.11 Å². The van der Waals surface area contributed by atoms with Gasteiger partial charge in [0, 0.05) is 22.7 Å². The van der Waals surface area contributed by atoms with Crippen LogP contribution in [0.4, 0.5) is 0 Å². The van der Waals surface area contributed by atoms with Crippen LogP contribution in [0.1, 0.15) is 37.8 Å². The number of hydrogen-bond donors (Lipinski definition) is 2. The number of aryl methyl sites for hydroxylation is 1. The minimum atomic E-state index is -0.272. The van der Waals surface area contributed by atoms with Crippen LogP contribution < -0.4 is 5.32 Å². The summed E-state index contributed by atoms with van der Waals surface area (Å²) in [5.74, 6) is 0. The summed E-state index contributed by atoms with van der Waals surface area (Å²) in [5.41, 5.74) is 2.72. The molecule has 0 bridgehead atoms. The molecule has 1 aliphatic carbocycles. The van der Waals surface area contributed by atoms with Crippen molar-refractivity contribution in [2.24, 2.45) is 0 Å². The lowest BCUT2D eigenvalue weighted by atomic mass is 10.1. The van der Waals surface area contributed by atoms with Gasteiger partial charge in [-0.25, -0.2) is 0 Å². The molecule has 1 fully saturated rings. The van der Waals surface area contributed by atoms with Gasteiger partial charge in [0.25, 0.3) is 0 Å². The predicted octanol–water partition coefficient (Wildman–Crippen LogP) is 3.11. The van der Waals surface area contributed by atoms with E-state index in [1.165, 1.54) is 28.9 Å². The Balaban J connectivity index is 1.95. The summed E-state index contributed by atoms with van der Waals surface area (Å²) in [6.07, 6.45) is 2.39. The number of aliphatic hydroxyl groups excluding tert-OH is 1. The maximum Gasteiger partial charge on any atom is 0.0631 e. The number of aliphatic hydroxyl groups is 1. The molecule has 1 saturated carbocycles. The van der Waals surface area contributed by atoms with E-state index in [0.717, 1.165) is 12.6 Å². The van der Waals surface area contributed by atoms with Crippen LogP contribution in [-0.2, 0) is 6.54 Å². The second kappa shape index (κ2) is 6.09. The van der Waals surface area contributed by atoms with Crippen LogP contribution in [0.3, 0.4) is 0 Å². The third-order valence-electron chi connectivity index (χ3n) is 3.47. The Morgan fingerprint density at radius 2 is 2.11 bits per heavy atom. The number of nitrogens with one attached hydrogen (secondary N) is 1. The SMILES string of the molecule is Cc1cc(SC(C)C(C)O)ccc1CNC1CC1. The van der Waals surface area contributed by atoms with Gasteiger partial charge in [-0.2, -0.15) is 0 Å². The molecule has 2 atom stereocenters. The van der Waals surface area contributed by atoms with Crippen LogP contribution in [0.25, 0.3) is 0 Å². The van der Waals surface area contributed by atoms with Gasteiger partial charge in [-0.15, -0.1) is 11.8 Å². The summed E-state index contributed by atoms with van der Waals surface area (Å²) < 4.78 is 0. The molecular formula is C15H23NOS. The molecule has 1 aliphatic rings. The molecule has 0 saturated heterocycles. The topological polar surface area (TPSA) is 32.3 Å². The van der Waals surface area contributed by atoms with Crippen LogP contribution in [0.2, 0.25) is 0 Å². The molecule has 2 rings (SSSR count). The summed E-state index contributed by atoms with van der Waals surface area (Å²) in [4.78, 5) is 1.25. The van der Waals surface area contributed by atoms with Crippen LogP contribution in [0, 0.1) is 6.92 Å². The minimum absolute atomic E-state index is 0.236. The van der Waals surface area contributed by atoms with Gasteiger partial charge in [0.15, 0.2) is 0 Å². The summed E-state index contributed by atoms with van der Waals surface area (Å²) in [7, 11) is 0. The standard InChI is InChI=1S/C15H23NOS/c1-10-8-15(18-12(3)11(2)17)7-4-13(10)9-16-14-5-6-14/h4,7-8,11-12,14,16-17H,5-6,9H2,1-3H3. The highest BCUT2D eigenvalue weighted by Gasteiger charge is 2.20. The Labute approximate surface area is 114 Å². The third-order valence-corrected chi connectivity index (χ3v) is 4.77. The summed E-state index contributed by atoms with van der Waals surface area (Å²) in [6, 6.07) is 7.36. The zero-order valence-corrected chi connectivity index (χ0v) is 12.3. The molecule has 1 aromatic rings. The van der Waals surface area contributed by atoms with Crippen molar-refractivity contribution in [1.82, 2.24) is 5.32 Å². The lowest BCUT2D eigenvalue weighted by Gasteiger charge is -2.15. The van der Waals surface area contributed by atoms with Crippen molar-refractivity contribution in [1.29, 1.82) is 0 Å². The van der Waals surface area contributed by atoms with Gasteiger partial charge >= 0.3 is 0 Å². The van der Waals surface area contributed by atoms with E-state index in [0.29, 0.717) is 0 Å². The van der Waals surface area contributed by atoms with Gasteiger partial charge in [-0.05, 0) is 49.9 Å². The maximum absolute atomic E-state index is 9.53. The highest BCUT2D eigenvalue weighted by molar-refractivity contribution is 8.00. The van der Waals surface area contributed by atoms with Crippen LogP contribution >= 0.6 is 11.8 Å². The molecule has 2 nitrogen and oxygen atoms in total. The zero-order chi connectivity index (χ0) is 13.1. The smallest absolute Gasteiger partial charge is 0.0631 e. The summed E-state index contributed by atoms with van der Waals surface area (Å²) in [6.45, 7) is 7.06. The first-order valence-electron chi connectivity index (χ1n) is 6.74. The van der Waals surface area contributed by atoms with E-state index >= 15 is 0 Å². The van der Waals surface area contributed by atoms with Gasteiger partial charge in [0.05, 0.1) is 6.10 Å². The molecule has 0 spiro atoms. The Kier molecular flexibility index (Phi) is 4.71. The van der Waals surface area contributed by atoms with Crippen LogP contribution in [0.5, 0.6) is 0 Å². The van der Waals surface area contributed by atoms with Crippen molar-refractivity contribution in [2.45, 2.75) is 62.4 Å². The number of rotatable bonds is 6. The largest absolute Gasteiger partial charge is 0.392 e. The molecule has 1 aromatic carbocycles. The normalized spacial score (nSPS) is 18.7. The summed E-state index contributed by atoms with van der Waals surface area (Å²) in [5, 5.41) is 13.3. The van der Waals surface area contributed by atoms with Gasteiger partial charge in [0.2, 0.25) is 0 Å². The number of hydrogen-bond acceptors (Lipinski definition) is 3. The third kappa shape index (κ3) is 4.01. The van der Waals surface area contributed by atoms with E-state index in [2.05, 4.69) is 37.4 Å². The summed E-state index contributed by atoms with van der Waals surface area (Å²) >= 11 is 1.74. The van der Waals surface area contributed by atoms with E-state index in [4.69, 9.17) is 0 Å². The lowest BCUT2D eigenvalue weighted by molar-refractivity contribution is 0.196. The molecule has 2 unspecified atom stereocenters. The Hall–Kier alpha value is -0.510. The van der Waals surface area contributed by atoms with Crippen molar-refractivity contribution in [2.75, 3.05) is 0 Å². The van der Waals surface area contributed by atoms with E-state index < -0.39 is 0 Å². The van der Waals surface area contributed by atoms with E-state index in [1.807, 2.05) is 6.92 Å². The van der Waals surface area contributed by atoms with Gasteiger partial charge < -0.3 is 10.4 Å². The van der Waals surface area contributed by atoms with Crippen molar-refractivity contribution in [3.8, 4) is 0 Å². The van der Waals surface area contributed by atoms with E-state index in [-0.39, 0.29) is 11.4 Å². The first-order chi connectivity index (χ1) is 8.56. The molecular weight excluding hydrogens is 242 g/mol. The number of benzene rings is 1. The van der Waals surface area contributed by atoms with Crippen molar-refractivity contribution >= 4 is 11.8 Å². The van der Waals surface area contributed by atoms with Crippen LogP contribution in [-0.4, -0.2) is 22.5 Å². The highest BCUT2D eigenvalue weighted by Crippen LogP contribution is 2.27. The molecule has 18 heavy (non-hydrogen) atoms. The fourth-order valence-corrected chi connectivity index (χ4v) is 2.81. The molecule has 0 aliphatic heterocycles. The van der Waals surface area contributed by atoms with Gasteiger partial charge in [-0.1, -0.05) is 13.0 Å². The zero-order valence-electron chi connectivity index (χ0n) is 11.4. The molecule has 0 radical (unpaired) electrons. The first kappa shape index (κ1) is 13.9. The minimum Gasteiger partial charge on any atom is -0.392 e. The van der Waals surface area contributed by atoms with Crippen molar-refractivity contribution in [3.05, 3.63) is 29.3 Å². The molecule has 2 N–H and O–H groups in total. The van der Waals surface area contributed by atoms with Gasteiger partial charge in [-0.3, -0.25) is 0 Å². The quantitative estimate of drug-likeness (QED) is 0.775. The molecule has 100 valence electrons. The first-order valence-corrected chi connectivity index (χ1v) is 7.62. The van der Waals surface area contributed by atoms with Gasteiger partial charge in [0.1, 0.15) is 0 Å². The number of thioether (sulfide) groups is 1. The fourth-order valence-electron chi connectivity index (χ4n) is 1.79. The second-order valence-electron chi connectivity index (χ2n) is 5.31. The lowest BCUT2D eigenvalue weighted by Crippen LogP contribution is -2.16. The Morgan fingerprint density at radius 1 is 1.39 bits per heavy atom. The monoisotopic (exact) mass is 265 g/mol. The van der Waals surface area contributed by atoms with Crippen molar-refractivity contribution < 1.29 is 5.11 Å². The second-order valence-corrected chi connectivity index (χ2v) is 6.76. The average Bonchev–Trinajstić information content (AvgIpc) is 3.11. The van der Waals surface area contributed by atoms with Crippen molar-refractivity contribution in [3.63, 3.8) is 0 Å². The maximum atomic E-state index is 9.53. The molecule has 3 heteroatoms. The molecule has 0 heterocycles. The predicted molar refractivity (Wildman–Crippen MR) is 78.0 cm³/mol. The fraction of sp³-hybridized carbons (Fsp3) is 0.600. The van der Waals surface area contributed by atoms with E-state index in [1.54, 1.807) is 11.8 Å². The average molecular weight is 265 g/mol. The molecule has 0 amide bonds. The Morgan fingerprint density at radius 3 is 2.67 bits per heavy atom.